The van der Waals surface area contributed by atoms with E-state index < -0.39 is 11.6 Å². The predicted molar refractivity (Wildman–Crippen MR) is 59.8 cm³/mol. The van der Waals surface area contributed by atoms with Crippen molar-refractivity contribution in [1.29, 1.82) is 0 Å². The molecule has 0 bridgehead atoms. The van der Waals surface area contributed by atoms with Crippen molar-refractivity contribution in [2.45, 2.75) is 31.8 Å². The first-order valence-electron chi connectivity index (χ1n) is 5.72. The van der Waals surface area contributed by atoms with Crippen LogP contribution in [0.25, 0.3) is 0 Å². The number of carbonyl (C=O) groups excluding carboxylic acids is 1. The van der Waals surface area contributed by atoms with Crippen molar-refractivity contribution in [1.82, 2.24) is 4.98 Å². The van der Waals surface area contributed by atoms with Crippen LogP contribution in [0, 0.1) is 0 Å². The van der Waals surface area contributed by atoms with Gasteiger partial charge >= 0.3 is 5.97 Å². The number of esters is 1. The maximum atomic E-state index is 11.3. The number of hydrogen-bond donors (Lipinski definition) is 2. The summed E-state index contributed by atoms with van der Waals surface area (Å²) in [5.41, 5.74) is -0.520. The summed E-state index contributed by atoms with van der Waals surface area (Å²) in [5.74, 6) is -0.508. The van der Waals surface area contributed by atoms with Gasteiger partial charge in [0, 0.05) is 6.54 Å². The molecule has 6 nitrogen and oxygen atoms in total. The second kappa shape index (κ2) is 4.75. The number of carbonyl (C=O) groups is 1. The molecule has 0 aromatic carbocycles. The van der Waals surface area contributed by atoms with Crippen LogP contribution >= 0.6 is 0 Å². The van der Waals surface area contributed by atoms with E-state index in [9.17, 15) is 9.90 Å². The Kier molecular flexibility index (Phi) is 3.33. The molecule has 0 atom stereocenters. The minimum atomic E-state index is -0.654. The second-order valence-electron chi connectivity index (χ2n) is 4.19. The number of rotatable bonds is 5. The molecular formula is C11H16N2O4. The molecule has 1 fully saturated rings. The first-order chi connectivity index (χ1) is 8.13. The van der Waals surface area contributed by atoms with Gasteiger partial charge in [-0.3, -0.25) is 0 Å². The number of aliphatic hydroxyl groups is 1. The normalized spacial score (nSPS) is 17.3. The second-order valence-corrected chi connectivity index (χ2v) is 4.19. The molecule has 1 aromatic rings. The Morgan fingerprint density at radius 3 is 3.06 bits per heavy atom. The third-order valence-corrected chi connectivity index (χ3v) is 2.84. The van der Waals surface area contributed by atoms with Gasteiger partial charge in [-0.05, 0) is 26.2 Å². The zero-order valence-electron chi connectivity index (χ0n) is 9.73. The van der Waals surface area contributed by atoms with E-state index in [1.165, 1.54) is 6.26 Å². The summed E-state index contributed by atoms with van der Waals surface area (Å²) >= 11 is 0. The molecule has 2 rings (SSSR count). The van der Waals surface area contributed by atoms with Crippen LogP contribution in [-0.4, -0.2) is 34.8 Å². The summed E-state index contributed by atoms with van der Waals surface area (Å²) in [6.07, 6.45) is 3.85. The van der Waals surface area contributed by atoms with Gasteiger partial charge in [-0.25, -0.2) is 4.79 Å². The molecule has 0 radical (unpaired) electrons. The maximum absolute atomic E-state index is 11.3. The standard InChI is InChI=1S/C11H16N2O4/c1-2-16-9(14)8-6-17-10(13-8)12-7-11(15)4-3-5-11/h6,15H,2-5,7H2,1H3,(H,12,13). The SMILES string of the molecule is CCOC(=O)c1coc(NCC2(O)CCC2)n1. The summed E-state index contributed by atoms with van der Waals surface area (Å²) in [7, 11) is 0. The van der Waals surface area contributed by atoms with Crippen LogP contribution in [-0.2, 0) is 4.74 Å². The minimum Gasteiger partial charge on any atom is -0.461 e. The van der Waals surface area contributed by atoms with Gasteiger partial charge in [0.15, 0.2) is 5.69 Å². The third kappa shape index (κ3) is 2.76. The van der Waals surface area contributed by atoms with Crippen molar-refractivity contribution in [2.75, 3.05) is 18.5 Å². The lowest BCUT2D eigenvalue weighted by Gasteiger charge is -2.36. The van der Waals surface area contributed by atoms with Crippen LogP contribution in [0.3, 0.4) is 0 Å². The lowest BCUT2D eigenvalue weighted by atomic mass is 9.80. The Morgan fingerprint density at radius 1 is 1.71 bits per heavy atom. The Labute approximate surface area is 99.0 Å². The average molecular weight is 240 g/mol. The molecule has 1 aromatic heterocycles. The van der Waals surface area contributed by atoms with Gasteiger partial charge in [-0.2, -0.15) is 4.98 Å². The fraction of sp³-hybridized carbons (Fsp3) is 0.636. The molecule has 1 saturated carbocycles. The van der Waals surface area contributed by atoms with E-state index in [2.05, 4.69) is 10.3 Å². The molecule has 17 heavy (non-hydrogen) atoms. The summed E-state index contributed by atoms with van der Waals surface area (Å²) < 4.78 is 9.84. The molecule has 2 N–H and O–H groups in total. The molecule has 6 heteroatoms. The number of nitrogens with one attached hydrogen (secondary N) is 1. The number of nitrogens with zero attached hydrogens (tertiary/aromatic N) is 1. The molecule has 1 aliphatic carbocycles. The van der Waals surface area contributed by atoms with E-state index in [4.69, 9.17) is 9.15 Å². The third-order valence-electron chi connectivity index (χ3n) is 2.84. The summed E-state index contributed by atoms with van der Waals surface area (Å²) in [4.78, 5) is 15.2. The van der Waals surface area contributed by atoms with Crippen molar-refractivity contribution >= 4 is 12.0 Å². The molecule has 0 unspecified atom stereocenters. The Morgan fingerprint density at radius 2 is 2.47 bits per heavy atom. The first-order valence-corrected chi connectivity index (χ1v) is 5.72. The van der Waals surface area contributed by atoms with Crippen molar-refractivity contribution in [3.05, 3.63) is 12.0 Å². The molecule has 1 heterocycles. The van der Waals surface area contributed by atoms with Gasteiger partial charge in [-0.15, -0.1) is 0 Å². The fourth-order valence-electron chi connectivity index (χ4n) is 1.66. The van der Waals surface area contributed by atoms with Gasteiger partial charge in [0.2, 0.25) is 0 Å². The largest absolute Gasteiger partial charge is 0.461 e. The number of hydrogen-bond acceptors (Lipinski definition) is 6. The van der Waals surface area contributed by atoms with E-state index >= 15 is 0 Å². The average Bonchev–Trinajstić information content (AvgIpc) is 2.73. The lowest BCUT2D eigenvalue weighted by molar-refractivity contribution is -0.0205. The maximum Gasteiger partial charge on any atom is 0.360 e. The van der Waals surface area contributed by atoms with Gasteiger partial charge in [-0.1, -0.05) is 0 Å². The molecule has 0 aliphatic heterocycles. The summed E-state index contributed by atoms with van der Waals surface area (Å²) in [5, 5.41) is 12.7. The van der Waals surface area contributed by atoms with E-state index in [1.807, 2.05) is 0 Å². The van der Waals surface area contributed by atoms with Crippen LogP contribution in [0.1, 0.15) is 36.7 Å². The zero-order chi connectivity index (χ0) is 12.3. The highest BCUT2D eigenvalue weighted by atomic mass is 16.5. The minimum absolute atomic E-state index is 0.134. The van der Waals surface area contributed by atoms with Crippen LogP contribution in [0.15, 0.2) is 10.7 Å². The quantitative estimate of drug-likeness (QED) is 0.752. The number of ether oxygens (including phenoxy) is 1. The molecule has 0 spiro atoms. The molecule has 0 amide bonds. The fourth-order valence-corrected chi connectivity index (χ4v) is 1.66. The van der Waals surface area contributed by atoms with E-state index in [1.54, 1.807) is 6.92 Å². The van der Waals surface area contributed by atoms with Crippen LogP contribution in [0.4, 0.5) is 6.01 Å². The van der Waals surface area contributed by atoms with Crippen molar-refractivity contribution in [2.24, 2.45) is 0 Å². The Hall–Kier alpha value is -1.56. The van der Waals surface area contributed by atoms with Crippen LogP contribution < -0.4 is 5.32 Å². The van der Waals surface area contributed by atoms with Crippen LogP contribution in [0.2, 0.25) is 0 Å². The predicted octanol–water partition coefficient (Wildman–Crippen LogP) is 1.18. The zero-order valence-corrected chi connectivity index (χ0v) is 9.73. The topological polar surface area (TPSA) is 84.6 Å². The van der Waals surface area contributed by atoms with E-state index in [0.717, 1.165) is 19.3 Å². The summed E-state index contributed by atoms with van der Waals surface area (Å²) in [6, 6.07) is 0.230. The highest BCUT2D eigenvalue weighted by Gasteiger charge is 2.34. The Balaban J connectivity index is 1.87. The van der Waals surface area contributed by atoms with E-state index in [-0.39, 0.29) is 11.7 Å². The molecule has 1 aliphatic rings. The molecule has 94 valence electrons. The first kappa shape index (κ1) is 11.9. The monoisotopic (exact) mass is 240 g/mol. The summed E-state index contributed by atoms with van der Waals surface area (Å²) in [6.45, 7) is 2.41. The van der Waals surface area contributed by atoms with Gasteiger partial charge in [0.05, 0.1) is 12.2 Å². The van der Waals surface area contributed by atoms with Crippen molar-refractivity contribution < 1.29 is 19.1 Å². The smallest absolute Gasteiger partial charge is 0.360 e. The van der Waals surface area contributed by atoms with Crippen LogP contribution in [0.5, 0.6) is 0 Å². The highest BCUT2D eigenvalue weighted by molar-refractivity contribution is 5.87. The van der Waals surface area contributed by atoms with Gasteiger partial charge in [0.1, 0.15) is 6.26 Å². The Bertz CT molecular complexity index is 398. The van der Waals surface area contributed by atoms with Gasteiger partial charge < -0.3 is 19.6 Å². The number of aromatic nitrogens is 1. The van der Waals surface area contributed by atoms with Gasteiger partial charge in [0.25, 0.3) is 6.01 Å². The molecule has 0 saturated heterocycles. The van der Waals surface area contributed by atoms with E-state index in [0.29, 0.717) is 13.2 Å². The number of oxazole rings is 1. The highest BCUT2D eigenvalue weighted by Crippen LogP contribution is 2.31. The number of anilines is 1. The molecular weight excluding hydrogens is 224 g/mol. The lowest BCUT2D eigenvalue weighted by Crippen LogP contribution is -2.43. The van der Waals surface area contributed by atoms with Crippen molar-refractivity contribution in [3.63, 3.8) is 0 Å². The van der Waals surface area contributed by atoms with Crippen molar-refractivity contribution in [3.8, 4) is 0 Å².